The van der Waals surface area contributed by atoms with Gasteiger partial charge in [0.2, 0.25) is 0 Å². The highest BCUT2D eigenvalue weighted by Crippen LogP contribution is 2.34. The number of rotatable bonds is 4. The van der Waals surface area contributed by atoms with E-state index in [0.29, 0.717) is 5.69 Å². The molecule has 88 valence electrons. The Morgan fingerprint density at radius 3 is 2.88 bits per heavy atom. The summed E-state index contributed by atoms with van der Waals surface area (Å²) in [5, 5.41) is 29.1. The molecule has 2 rings (SSSR count). The summed E-state index contributed by atoms with van der Waals surface area (Å²) in [6.45, 7) is -0.0185. The van der Waals surface area contributed by atoms with Crippen LogP contribution in [0.3, 0.4) is 0 Å². The molecule has 1 aliphatic carbocycles. The van der Waals surface area contributed by atoms with Gasteiger partial charge in [-0.25, -0.2) is 0 Å². The van der Waals surface area contributed by atoms with E-state index in [9.17, 15) is 15.2 Å². The summed E-state index contributed by atoms with van der Waals surface area (Å²) in [5.74, 6) is -0.153. The molecule has 1 heterocycles. The topological polar surface area (TPSA) is 104 Å². The van der Waals surface area contributed by atoms with Gasteiger partial charge in [0.25, 0.3) is 0 Å². The van der Waals surface area contributed by atoms with Gasteiger partial charge < -0.3 is 20.5 Å². The largest absolute Gasteiger partial charge is 0.394 e. The van der Waals surface area contributed by atoms with Gasteiger partial charge in [-0.1, -0.05) is 17.9 Å². The molecule has 0 amide bonds. The van der Waals surface area contributed by atoms with Gasteiger partial charge in [0.15, 0.2) is 5.69 Å². The summed E-state index contributed by atoms with van der Waals surface area (Å²) < 4.78 is 0. The van der Waals surface area contributed by atoms with Gasteiger partial charge in [-0.3, -0.25) is 0 Å². The third-order valence-corrected chi connectivity index (χ3v) is 3.06. The molecule has 1 aliphatic rings. The predicted molar refractivity (Wildman–Crippen MR) is 57.1 cm³/mol. The lowest BCUT2D eigenvalue weighted by atomic mass is 9.99. The first-order chi connectivity index (χ1) is 7.67. The van der Waals surface area contributed by atoms with Gasteiger partial charge in [0.1, 0.15) is 6.20 Å². The fraction of sp³-hybridized carbons (Fsp3) is 0.667. The number of anilines is 1. The van der Waals surface area contributed by atoms with Crippen LogP contribution in [0.1, 0.15) is 25.7 Å². The molecular formula is C9H14N4O3. The van der Waals surface area contributed by atoms with Crippen LogP contribution in [0.2, 0.25) is 0 Å². The van der Waals surface area contributed by atoms with E-state index in [4.69, 9.17) is 0 Å². The fourth-order valence-electron chi connectivity index (χ4n) is 2.17. The van der Waals surface area contributed by atoms with Crippen molar-refractivity contribution in [2.24, 2.45) is 0 Å². The maximum Gasteiger partial charge on any atom is 0.366 e. The van der Waals surface area contributed by atoms with Gasteiger partial charge >= 0.3 is 5.82 Å². The number of H-pyrrole nitrogens is 1. The lowest BCUT2D eigenvalue weighted by Gasteiger charge is -2.27. The van der Waals surface area contributed by atoms with Crippen molar-refractivity contribution in [1.82, 2.24) is 10.2 Å². The summed E-state index contributed by atoms with van der Waals surface area (Å²) in [4.78, 5) is 10.2. The van der Waals surface area contributed by atoms with Crippen LogP contribution >= 0.6 is 0 Å². The second-order valence-electron chi connectivity index (χ2n) is 4.16. The molecule has 3 N–H and O–H groups in total. The molecule has 0 aromatic carbocycles. The van der Waals surface area contributed by atoms with Crippen LogP contribution in [-0.2, 0) is 0 Å². The summed E-state index contributed by atoms with van der Waals surface area (Å²) in [6, 6.07) is 0. The molecule has 1 aromatic rings. The highest BCUT2D eigenvalue weighted by atomic mass is 16.6. The Labute approximate surface area is 92.0 Å². The number of aliphatic hydroxyl groups excluding tert-OH is 1. The molecule has 16 heavy (non-hydrogen) atoms. The average Bonchev–Trinajstić information content (AvgIpc) is 2.88. The maximum absolute atomic E-state index is 10.7. The monoisotopic (exact) mass is 226 g/mol. The van der Waals surface area contributed by atoms with Crippen molar-refractivity contribution in [2.45, 2.75) is 31.2 Å². The van der Waals surface area contributed by atoms with Crippen LogP contribution in [0.5, 0.6) is 0 Å². The molecule has 1 fully saturated rings. The minimum Gasteiger partial charge on any atom is -0.394 e. The Balaban J connectivity index is 2.19. The molecule has 1 aromatic heterocycles. The molecule has 7 nitrogen and oxygen atoms in total. The van der Waals surface area contributed by atoms with E-state index in [1.165, 1.54) is 6.20 Å². The van der Waals surface area contributed by atoms with Gasteiger partial charge in [-0.05, 0) is 17.8 Å². The van der Waals surface area contributed by atoms with E-state index in [0.717, 1.165) is 25.7 Å². The van der Waals surface area contributed by atoms with Crippen molar-refractivity contribution in [2.75, 3.05) is 11.9 Å². The van der Waals surface area contributed by atoms with Gasteiger partial charge in [-0.2, -0.15) is 0 Å². The van der Waals surface area contributed by atoms with Crippen molar-refractivity contribution in [3.8, 4) is 0 Å². The molecule has 7 heteroatoms. The van der Waals surface area contributed by atoms with Crippen LogP contribution in [0.4, 0.5) is 11.5 Å². The first-order valence-electron chi connectivity index (χ1n) is 5.24. The van der Waals surface area contributed by atoms with Crippen molar-refractivity contribution >= 4 is 11.5 Å². The normalized spacial score (nSPS) is 18.6. The lowest BCUT2D eigenvalue weighted by molar-refractivity contribution is -0.388. The summed E-state index contributed by atoms with van der Waals surface area (Å²) >= 11 is 0. The zero-order valence-electron chi connectivity index (χ0n) is 8.77. The third-order valence-electron chi connectivity index (χ3n) is 3.06. The maximum atomic E-state index is 10.7. The molecule has 0 spiro atoms. The summed E-state index contributed by atoms with van der Waals surface area (Å²) in [5.41, 5.74) is -0.0739. The molecular weight excluding hydrogens is 212 g/mol. The quantitative estimate of drug-likeness (QED) is 0.525. The molecule has 0 aliphatic heterocycles. The van der Waals surface area contributed by atoms with Gasteiger partial charge in [0, 0.05) is 0 Å². The second kappa shape index (κ2) is 4.09. The van der Waals surface area contributed by atoms with E-state index in [2.05, 4.69) is 15.5 Å². The van der Waals surface area contributed by atoms with E-state index in [1.54, 1.807) is 0 Å². The zero-order valence-corrected chi connectivity index (χ0v) is 8.77. The van der Waals surface area contributed by atoms with E-state index in [-0.39, 0.29) is 12.4 Å². The van der Waals surface area contributed by atoms with Crippen LogP contribution in [0, 0.1) is 10.1 Å². The third kappa shape index (κ3) is 1.85. The highest BCUT2D eigenvalue weighted by Gasteiger charge is 2.35. The fourth-order valence-corrected chi connectivity index (χ4v) is 2.17. The number of aromatic amines is 1. The second-order valence-corrected chi connectivity index (χ2v) is 4.16. The molecule has 0 bridgehead atoms. The lowest BCUT2D eigenvalue weighted by Crippen LogP contribution is -2.39. The van der Waals surface area contributed by atoms with Crippen LogP contribution in [0.25, 0.3) is 0 Å². The Morgan fingerprint density at radius 1 is 1.62 bits per heavy atom. The van der Waals surface area contributed by atoms with Crippen LogP contribution in [-0.4, -0.2) is 32.4 Å². The molecule has 0 atom stereocenters. The van der Waals surface area contributed by atoms with Gasteiger partial charge in [0.05, 0.1) is 12.1 Å². The number of aromatic nitrogens is 2. The van der Waals surface area contributed by atoms with Crippen LogP contribution in [0.15, 0.2) is 6.20 Å². The SMILES string of the molecule is O=[N+]([O-])c1[nH]ncc1NC1(CO)CCCC1. The number of nitrogens with zero attached hydrogens (tertiary/aromatic N) is 2. The van der Waals surface area contributed by atoms with E-state index < -0.39 is 10.5 Å². The number of nitro groups is 1. The Kier molecular flexibility index (Phi) is 2.78. The smallest absolute Gasteiger partial charge is 0.366 e. The van der Waals surface area contributed by atoms with Crippen molar-refractivity contribution in [3.63, 3.8) is 0 Å². The van der Waals surface area contributed by atoms with Crippen molar-refractivity contribution in [3.05, 3.63) is 16.3 Å². The van der Waals surface area contributed by atoms with Gasteiger partial charge in [-0.15, -0.1) is 5.10 Å². The molecule has 0 radical (unpaired) electrons. The Bertz CT molecular complexity index is 384. The summed E-state index contributed by atoms with van der Waals surface area (Å²) in [6.07, 6.45) is 5.09. The number of aliphatic hydroxyl groups is 1. The van der Waals surface area contributed by atoms with Crippen molar-refractivity contribution in [1.29, 1.82) is 0 Å². The zero-order chi connectivity index (χ0) is 11.6. The Hall–Kier alpha value is -1.63. The molecule has 0 unspecified atom stereocenters. The minimum absolute atomic E-state index is 0.0185. The molecule has 0 saturated heterocycles. The Morgan fingerprint density at radius 2 is 2.31 bits per heavy atom. The summed E-state index contributed by atoms with van der Waals surface area (Å²) in [7, 11) is 0. The average molecular weight is 226 g/mol. The van der Waals surface area contributed by atoms with E-state index in [1.807, 2.05) is 0 Å². The number of hydrogen-bond acceptors (Lipinski definition) is 5. The van der Waals surface area contributed by atoms with Crippen LogP contribution < -0.4 is 5.32 Å². The number of hydrogen-bond donors (Lipinski definition) is 3. The van der Waals surface area contributed by atoms with E-state index >= 15 is 0 Å². The van der Waals surface area contributed by atoms with Crippen molar-refractivity contribution < 1.29 is 10.0 Å². The molecule has 1 saturated carbocycles. The minimum atomic E-state index is -0.518. The predicted octanol–water partition coefficient (Wildman–Crippen LogP) is 1.03. The first-order valence-corrected chi connectivity index (χ1v) is 5.24. The first kappa shape index (κ1) is 10.9. The standard InChI is InChI=1S/C9H14N4O3/c14-6-9(3-1-2-4-9)11-7-5-10-12-8(7)13(15)16/h5,11,14H,1-4,6H2,(H,10,12). The highest BCUT2D eigenvalue weighted by molar-refractivity contribution is 5.57. The number of nitrogens with one attached hydrogen (secondary N) is 2.